The molecule has 4 nitrogen and oxygen atoms in total. The summed E-state index contributed by atoms with van der Waals surface area (Å²) >= 11 is 0. The number of hydrogen-bond donors (Lipinski definition) is 2. The van der Waals surface area contributed by atoms with Crippen LogP contribution in [0.25, 0.3) is 0 Å². The van der Waals surface area contributed by atoms with Gasteiger partial charge in [-0.05, 0) is 42.2 Å². The summed E-state index contributed by atoms with van der Waals surface area (Å²) in [6.07, 6.45) is 0.407. The Bertz CT molecular complexity index is 804. The minimum absolute atomic E-state index is 0.232. The largest absolute Gasteiger partial charge is 0.354 e. The zero-order valence-corrected chi connectivity index (χ0v) is 15.1. The number of nitrogens with one attached hydrogen (secondary N) is 2. The molecule has 0 aliphatic heterocycles. The van der Waals surface area contributed by atoms with E-state index in [0.29, 0.717) is 12.0 Å². The molecule has 0 aliphatic rings. The van der Waals surface area contributed by atoms with E-state index >= 15 is 0 Å². The van der Waals surface area contributed by atoms with Crippen LogP contribution in [0.5, 0.6) is 0 Å². The van der Waals surface area contributed by atoms with Crippen LogP contribution in [0.2, 0.25) is 0 Å². The quantitative estimate of drug-likeness (QED) is 0.777. The molecule has 0 aliphatic carbocycles. The summed E-state index contributed by atoms with van der Waals surface area (Å²) in [6, 6.07) is 8.14. The lowest BCUT2D eigenvalue weighted by Gasteiger charge is -2.22. The number of rotatable bonds is 7. The highest BCUT2D eigenvalue weighted by molar-refractivity contribution is 5.98. The normalized spacial score (nSPS) is 11.9. The molecule has 2 aromatic carbocycles. The third-order valence-corrected chi connectivity index (χ3v) is 4.03. The first-order chi connectivity index (χ1) is 12.8. The molecule has 0 saturated heterocycles. The van der Waals surface area contributed by atoms with Gasteiger partial charge in [0.2, 0.25) is 5.91 Å². The van der Waals surface area contributed by atoms with Crippen molar-refractivity contribution in [3.63, 3.8) is 0 Å². The second-order valence-electron chi connectivity index (χ2n) is 6.46. The second kappa shape index (κ2) is 9.21. The van der Waals surface area contributed by atoms with Gasteiger partial charge >= 0.3 is 0 Å². The molecule has 144 valence electrons. The molecule has 0 radical (unpaired) electrons. The van der Waals surface area contributed by atoms with E-state index in [0.717, 1.165) is 18.2 Å². The van der Waals surface area contributed by atoms with Crippen LogP contribution in [0.1, 0.15) is 29.8 Å². The van der Waals surface area contributed by atoms with E-state index in [2.05, 4.69) is 10.6 Å². The van der Waals surface area contributed by atoms with Gasteiger partial charge in [-0.1, -0.05) is 32.0 Å². The summed E-state index contributed by atoms with van der Waals surface area (Å²) < 4.78 is 40.6. The average Bonchev–Trinajstić information content (AvgIpc) is 2.59. The van der Waals surface area contributed by atoms with Crippen molar-refractivity contribution < 1.29 is 22.8 Å². The van der Waals surface area contributed by atoms with Crippen molar-refractivity contribution in [1.82, 2.24) is 10.6 Å². The predicted octanol–water partition coefficient (Wildman–Crippen LogP) is 3.22. The maximum absolute atomic E-state index is 13.7. The van der Waals surface area contributed by atoms with Crippen LogP contribution < -0.4 is 10.6 Å². The van der Waals surface area contributed by atoms with E-state index in [4.69, 9.17) is 0 Å². The zero-order chi connectivity index (χ0) is 20.0. The van der Waals surface area contributed by atoms with Gasteiger partial charge in [0.1, 0.15) is 29.1 Å². The topological polar surface area (TPSA) is 58.2 Å². The monoisotopic (exact) mass is 378 g/mol. The number of hydrogen-bond acceptors (Lipinski definition) is 2. The van der Waals surface area contributed by atoms with Gasteiger partial charge in [-0.3, -0.25) is 9.59 Å². The summed E-state index contributed by atoms with van der Waals surface area (Å²) in [5.74, 6) is -4.14. The molecule has 0 bridgehead atoms. The molecule has 2 N–H and O–H groups in total. The maximum atomic E-state index is 13.7. The van der Waals surface area contributed by atoms with Crippen molar-refractivity contribution in [3.05, 3.63) is 71.0 Å². The van der Waals surface area contributed by atoms with Gasteiger partial charge in [0.05, 0.1) is 0 Å². The zero-order valence-electron chi connectivity index (χ0n) is 15.1. The minimum atomic E-state index is -0.999. The third kappa shape index (κ3) is 5.57. The van der Waals surface area contributed by atoms with Crippen molar-refractivity contribution in [2.45, 2.75) is 26.3 Å². The van der Waals surface area contributed by atoms with Crippen molar-refractivity contribution in [3.8, 4) is 0 Å². The first-order valence-electron chi connectivity index (χ1n) is 8.56. The van der Waals surface area contributed by atoms with Gasteiger partial charge in [-0.25, -0.2) is 13.2 Å². The first-order valence-corrected chi connectivity index (χ1v) is 8.56. The number of halogens is 3. The predicted molar refractivity (Wildman–Crippen MR) is 95.6 cm³/mol. The molecule has 7 heteroatoms. The Morgan fingerprint density at radius 3 is 2.22 bits per heavy atom. The van der Waals surface area contributed by atoms with Gasteiger partial charge in [-0.15, -0.1) is 0 Å². The van der Waals surface area contributed by atoms with Crippen LogP contribution in [0.3, 0.4) is 0 Å². The van der Waals surface area contributed by atoms with Crippen molar-refractivity contribution in [1.29, 1.82) is 0 Å². The summed E-state index contributed by atoms with van der Waals surface area (Å²) in [7, 11) is 0. The van der Waals surface area contributed by atoms with Crippen molar-refractivity contribution in [2.75, 3.05) is 6.54 Å². The lowest BCUT2D eigenvalue weighted by molar-refractivity contribution is -0.123. The van der Waals surface area contributed by atoms with Gasteiger partial charge in [0.15, 0.2) is 0 Å². The highest BCUT2D eigenvalue weighted by atomic mass is 19.1. The Labute approximate surface area is 155 Å². The van der Waals surface area contributed by atoms with E-state index in [1.165, 1.54) is 12.1 Å². The van der Waals surface area contributed by atoms with Crippen LogP contribution >= 0.6 is 0 Å². The van der Waals surface area contributed by atoms with Gasteiger partial charge < -0.3 is 10.6 Å². The number of amides is 2. The van der Waals surface area contributed by atoms with E-state index in [1.807, 2.05) is 0 Å². The first kappa shape index (κ1) is 20.5. The molecule has 0 spiro atoms. The Morgan fingerprint density at radius 2 is 1.63 bits per heavy atom. The second-order valence-corrected chi connectivity index (χ2v) is 6.46. The molecule has 1 unspecified atom stereocenters. The smallest absolute Gasteiger partial charge is 0.257 e. The fourth-order valence-corrected chi connectivity index (χ4v) is 2.60. The SMILES string of the molecule is CC(C)C(NC(=O)c1c(F)cccc1F)C(=O)NCCc1cccc(F)c1. The van der Waals surface area contributed by atoms with Gasteiger partial charge in [0, 0.05) is 6.54 Å². The highest BCUT2D eigenvalue weighted by Gasteiger charge is 2.27. The van der Waals surface area contributed by atoms with Gasteiger partial charge in [-0.2, -0.15) is 0 Å². The molecule has 27 heavy (non-hydrogen) atoms. The molecule has 0 heterocycles. The summed E-state index contributed by atoms with van der Waals surface area (Å²) in [5, 5.41) is 5.04. The van der Waals surface area contributed by atoms with Crippen molar-refractivity contribution >= 4 is 11.8 Å². The van der Waals surface area contributed by atoms with Crippen LogP contribution in [-0.4, -0.2) is 24.4 Å². The Balaban J connectivity index is 1.99. The molecule has 2 amide bonds. The van der Waals surface area contributed by atoms with Crippen molar-refractivity contribution in [2.24, 2.45) is 5.92 Å². The molecule has 0 aromatic heterocycles. The van der Waals surface area contributed by atoms with Gasteiger partial charge in [0.25, 0.3) is 5.91 Å². The Hall–Kier alpha value is -2.83. The van der Waals surface area contributed by atoms with E-state index in [9.17, 15) is 22.8 Å². The fraction of sp³-hybridized carbons (Fsp3) is 0.300. The number of carbonyl (C=O) groups excluding carboxylic acids is 2. The maximum Gasteiger partial charge on any atom is 0.257 e. The standard InChI is InChI=1S/C20H21F3N2O2/c1-12(2)18(25-19(26)17-15(22)7-4-8-16(17)23)20(27)24-10-9-13-5-3-6-14(21)11-13/h3-8,11-12,18H,9-10H2,1-2H3,(H,24,27)(H,25,26). The molecule has 2 aromatic rings. The molecule has 1 atom stereocenters. The minimum Gasteiger partial charge on any atom is -0.354 e. The Kier molecular flexibility index (Phi) is 6.98. The lowest BCUT2D eigenvalue weighted by Crippen LogP contribution is -2.50. The molecular formula is C20H21F3N2O2. The van der Waals surface area contributed by atoms with E-state index < -0.39 is 35.1 Å². The van der Waals surface area contributed by atoms with Crippen LogP contribution in [0.4, 0.5) is 13.2 Å². The fourth-order valence-electron chi connectivity index (χ4n) is 2.60. The van der Waals surface area contributed by atoms with E-state index in [1.54, 1.807) is 26.0 Å². The lowest BCUT2D eigenvalue weighted by atomic mass is 10.0. The third-order valence-electron chi connectivity index (χ3n) is 4.03. The van der Waals surface area contributed by atoms with Crippen LogP contribution in [0.15, 0.2) is 42.5 Å². The highest BCUT2D eigenvalue weighted by Crippen LogP contribution is 2.13. The number of carbonyl (C=O) groups is 2. The van der Waals surface area contributed by atoms with Crippen LogP contribution in [0, 0.1) is 23.4 Å². The molecule has 0 fully saturated rings. The Morgan fingerprint density at radius 1 is 1.00 bits per heavy atom. The summed E-state index contributed by atoms with van der Waals surface area (Å²) in [5.41, 5.74) is -0.00966. The molecule has 2 rings (SSSR count). The van der Waals surface area contributed by atoms with Crippen LogP contribution in [-0.2, 0) is 11.2 Å². The summed E-state index contributed by atoms with van der Waals surface area (Å²) in [6.45, 7) is 3.64. The number of benzene rings is 2. The van der Waals surface area contributed by atoms with E-state index in [-0.39, 0.29) is 18.3 Å². The average molecular weight is 378 g/mol. The summed E-state index contributed by atoms with van der Waals surface area (Å²) in [4.78, 5) is 24.6. The molecular weight excluding hydrogens is 357 g/mol. The molecule has 0 saturated carbocycles.